The summed E-state index contributed by atoms with van der Waals surface area (Å²) in [5.74, 6) is 0.749. The van der Waals surface area contributed by atoms with Crippen molar-refractivity contribution >= 4 is 15.7 Å². The zero-order chi connectivity index (χ0) is 20.7. The van der Waals surface area contributed by atoms with Crippen LogP contribution in [0.25, 0.3) is 0 Å². The first-order valence-electron chi connectivity index (χ1n) is 9.36. The summed E-state index contributed by atoms with van der Waals surface area (Å²) < 4.78 is 35.8. The van der Waals surface area contributed by atoms with Gasteiger partial charge in [-0.3, -0.25) is 4.79 Å². The van der Waals surface area contributed by atoms with Crippen molar-refractivity contribution in [3.05, 3.63) is 53.6 Å². The van der Waals surface area contributed by atoms with Gasteiger partial charge in [0.2, 0.25) is 0 Å². The average Bonchev–Trinajstić information content (AvgIpc) is 2.69. The topological polar surface area (TPSA) is 81.7 Å². The normalized spacial score (nSPS) is 12.3. The lowest BCUT2D eigenvalue weighted by molar-refractivity contribution is 0.0936. The fraction of sp³-hybridized carbons (Fsp3) is 0.381. The lowest BCUT2D eigenvalue weighted by Crippen LogP contribution is -2.28. The molecule has 0 saturated heterocycles. The molecule has 1 atom stereocenters. The van der Waals surface area contributed by atoms with E-state index >= 15 is 0 Å². The second-order valence-electron chi connectivity index (χ2n) is 6.17. The Morgan fingerprint density at radius 1 is 1.00 bits per heavy atom. The van der Waals surface area contributed by atoms with E-state index in [9.17, 15) is 13.2 Å². The minimum atomic E-state index is -3.50. The Morgan fingerprint density at radius 3 is 2.29 bits per heavy atom. The summed E-state index contributed by atoms with van der Waals surface area (Å²) in [5, 5.41) is 2.87. The largest absolute Gasteiger partial charge is 0.490 e. The fourth-order valence-corrected chi connectivity index (χ4v) is 3.87. The van der Waals surface area contributed by atoms with Crippen molar-refractivity contribution in [3.8, 4) is 11.5 Å². The molecule has 2 aromatic rings. The van der Waals surface area contributed by atoms with E-state index in [1.165, 1.54) is 12.1 Å². The molecule has 7 heteroatoms. The molecule has 0 aromatic heterocycles. The van der Waals surface area contributed by atoms with Gasteiger partial charge in [-0.2, -0.15) is 0 Å². The molecule has 1 N–H and O–H groups in total. The third-order valence-electron chi connectivity index (χ3n) is 4.26. The summed E-state index contributed by atoms with van der Waals surface area (Å²) in [6, 6.07) is 11.4. The molecular formula is C21H27NO5S. The summed E-state index contributed by atoms with van der Waals surface area (Å²) in [4.78, 5) is 12.8. The Bertz CT molecular complexity index is 924. The number of benzene rings is 2. The van der Waals surface area contributed by atoms with Gasteiger partial charge in [0.25, 0.3) is 5.91 Å². The van der Waals surface area contributed by atoms with Crippen LogP contribution >= 0.6 is 0 Å². The SMILES string of the molecule is CCOc1ccc(C(C)NC(=O)c2ccccc2S(=O)(=O)CC)cc1OCC. The highest BCUT2D eigenvalue weighted by molar-refractivity contribution is 7.91. The quantitative estimate of drug-likeness (QED) is 0.687. The van der Waals surface area contributed by atoms with Crippen LogP contribution in [0.2, 0.25) is 0 Å². The maximum Gasteiger partial charge on any atom is 0.253 e. The van der Waals surface area contributed by atoms with Gasteiger partial charge in [0, 0.05) is 0 Å². The number of amides is 1. The van der Waals surface area contributed by atoms with E-state index in [2.05, 4.69) is 5.32 Å². The van der Waals surface area contributed by atoms with Crippen molar-refractivity contribution < 1.29 is 22.7 Å². The predicted molar refractivity (Wildman–Crippen MR) is 109 cm³/mol. The van der Waals surface area contributed by atoms with Gasteiger partial charge in [0.1, 0.15) is 0 Å². The molecule has 0 heterocycles. The van der Waals surface area contributed by atoms with Crippen molar-refractivity contribution in [2.45, 2.75) is 38.6 Å². The summed E-state index contributed by atoms with van der Waals surface area (Å²) in [6.45, 7) is 8.19. The number of ether oxygens (including phenoxy) is 2. The molecule has 152 valence electrons. The number of carbonyl (C=O) groups is 1. The number of hydrogen-bond donors (Lipinski definition) is 1. The molecule has 0 bridgehead atoms. The molecule has 1 unspecified atom stereocenters. The van der Waals surface area contributed by atoms with E-state index < -0.39 is 15.7 Å². The van der Waals surface area contributed by atoms with Gasteiger partial charge in [-0.05, 0) is 50.6 Å². The van der Waals surface area contributed by atoms with E-state index in [4.69, 9.17) is 9.47 Å². The molecule has 6 nitrogen and oxygen atoms in total. The lowest BCUT2D eigenvalue weighted by Gasteiger charge is -2.18. The van der Waals surface area contributed by atoms with Crippen molar-refractivity contribution in [2.75, 3.05) is 19.0 Å². The van der Waals surface area contributed by atoms with Crippen LogP contribution in [0.4, 0.5) is 0 Å². The van der Waals surface area contributed by atoms with Crippen LogP contribution in [-0.4, -0.2) is 33.3 Å². The third kappa shape index (κ3) is 5.04. The molecule has 28 heavy (non-hydrogen) atoms. The van der Waals surface area contributed by atoms with Crippen molar-refractivity contribution in [2.24, 2.45) is 0 Å². The van der Waals surface area contributed by atoms with Gasteiger partial charge in [-0.15, -0.1) is 0 Å². The predicted octanol–water partition coefficient (Wildman–Crippen LogP) is 3.77. The molecule has 0 fully saturated rings. The molecule has 0 aliphatic rings. The highest BCUT2D eigenvalue weighted by Gasteiger charge is 2.22. The van der Waals surface area contributed by atoms with Crippen LogP contribution < -0.4 is 14.8 Å². The first-order chi connectivity index (χ1) is 13.3. The summed E-state index contributed by atoms with van der Waals surface area (Å²) in [5.41, 5.74) is 0.975. The maximum atomic E-state index is 12.8. The van der Waals surface area contributed by atoms with Crippen LogP contribution in [0.3, 0.4) is 0 Å². The van der Waals surface area contributed by atoms with Crippen LogP contribution in [0.5, 0.6) is 11.5 Å². The Morgan fingerprint density at radius 2 is 1.64 bits per heavy atom. The monoisotopic (exact) mass is 405 g/mol. The standard InChI is InChI=1S/C21H27NO5S/c1-5-26-18-13-12-16(14-19(18)27-6-2)15(4)22-21(23)17-10-8-9-11-20(17)28(24,25)7-3/h8-15H,5-7H2,1-4H3,(H,22,23). The third-order valence-corrected chi connectivity index (χ3v) is 6.05. The average molecular weight is 406 g/mol. The summed E-state index contributed by atoms with van der Waals surface area (Å²) in [7, 11) is -3.50. The Hall–Kier alpha value is -2.54. The molecule has 2 aromatic carbocycles. The van der Waals surface area contributed by atoms with Crippen LogP contribution in [0.15, 0.2) is 47.4 Å². The van der Waals surface area contributed by atoms with Crippen LogP contribution in [-0.2, 0) is 9.84 Å². The second kappa shape index (κ2) is 9.59. The van der Waals surface area contributed by atoms with Crippen molar-refractivity contribution in [3.63, 3.8) is 0 Å². The Kier molecular flexibility index (Phi) is 7.45. The second-order valence-corrected chi connectivity index (χ2v) is 8.41. The van der Waals surface area contributed by atoms with E-state index in [0.29, 0.717) is 24.7 Å². The zero-order valence-corrected chi connectivity index (χ0v) is 17.5. The van der Waals surface area contributed by atoms with Gasteiger partial charge < -0.3 is 14.8 Å². The van der Waals surface area contributed by atoms with Crippen molar-refractivity contribution in [1.82, 2.24) is 5.32 Å². The lowest BCUT2D eigenvalue weighted by atomic mass is 10.1. The molecule has 0 aliphatic carbocycles. The molecule has 0 saturated carbocycles. The minimum absolute atomic E-state index is 0.0453. The van der Waals surface area contributed by atoms with Crippen LogP contribution in [0.1, 0.15) is 49.7 Å². The molecular weight excluding hydrogens is 378 g/mol. The van der Waals surface area contributed by atoms with Gasteiger partial charge in [-0.25, -0.2) is 8.42 Å². The molecule has 0 spiro atoms. The van der Waals surface area contributed by atoms with E-state index in [1.54, 1.807) is 19.1 Å². The van der Waals surface area contributed by atoms with Crippen LogP contribution in [0, 0.1) is 0 Å². The van der Waals surface area contributed by atoms with Gasteiger partial charge in [0.15, 0.2) is 21.3 Å². The van der Waals surface area contributed by atoms with E-state index in [1.807, 2.05) is 39.0 Å². The van der Waals surface area contributed by atoms with E-state index in [-0.39, 0.29) is 22.3 Å². The fourth-order valence-electron chi connectivity index (χ4n) is 2.78. The summed E-state index contributed by atoms with van der Waals surface area (Å²) >= 11 is 0. The number of carbonyl (C=O) groups excluding carboxylic acids is 1. The molecule has 0 aliphatic heterocycles. The first kappa shape index (κ1) is 21.8. The number of hydrogen-bond acceptors (Lipinski definition) is 5. The summed E-state index contributed by atoms with van der Waals surface area (Å²) in [6.07, 6.45) is 0. The Balaban J connectivity index is 2.27. The Labute approximate surface area is 166 Å². The minimum Gasteiger partial charge on any atom is -0.490 e. The highest BCUT2D eigenvalue weighted by Crippen LogP contribution is 2.31. The van der Waals surface area contributed by atoms with Crippen molar-refractivity contribution in [1.29, 1.82) is 0 Å². The zero-order valence-electron chi connectivity index (χ0n) is 16.7. The van der Waals surface area contributed by atoms with Gasteiger partial charge in [0.05, 0.1) is 35.5 Å². The molecule has 1 amide bonds. The maximum absolute atomic E-state index is 12.8. The smallest absolute Gasteiger partial charge is 0.253 e. The highest BCUT2D eigenvalue weighted by atomic mass is 32.2. The van der Waals surface area contributed by atoms with Gasteiger partial charge in [-0.1, -0.05) is 25.1 Å². The molecule has 2 rings (SSSR count). The number of nitrogens with one attached hydrogen (secondary N) is 1. The van der Waals surface area contributed by atoms with E-state index in [0.717, 1.165) is 5.56 Å². The number of sulfone groups is 1. The van der Waals surface area contributed by atoms with Gasteiger partial charge >= 0.3 is 0 Å². The first-order valence-corrected chi connectivity index (χ1v) is 11.0. The molecule has 0 radical (unpaired) electrons. The number of rotatable bonds is 9.